The van der Waals surface area contributed by atoms with Crippen molar-refractivity contribution in [1.82, 2.24) is 4.98 Å². The lowest BCUT2D eigenvalue weighted by atomic mass is 9.81. The van der Waals surface area contributed by atoms with Crippen molar-refractivity contribution in [3.05, 3.63) is 77.5 Å². The molecule has 1 aromatic heterocycles. The summed E-state index contributed by atoms with van der Waals surface area (Å²) in [5.74, 6) is 0.340. The minimum atomic E-state index is -0.500. The molecule has 0 aliphatic rings. The molecule has 2 aromatic carbocycles. The van der Waals surface area contributed by atoms with Gasteiger partial charge in [-0.1, -0.05) is 51.1 Å². The van der Waals surface area contributed by atoms with Gasteiger partial charge < -0.3 is 15.2 Å². The molecule has 5 nitrogen and oxygen atoms in total. The van der Waals surface area contributed by atoms with Crippen LogP contribution in [0.2, 0.25) is 0 Å². The molecule has 2 N–H and O–H groups in total. The number of primary amides is 1. The van der Waals surface area contributed by atoms with Crippen LogP contribution in [0.1, 0.15) is 50.3 Å². The predicted molar refractivity (Wildman–Crippen MR) is 123 cm³/mol. The normalized spacial score (nSPS) is 12.3. The SMILES string of the molecule is COc1cc(C(C)C(N)=O)c(-c2cccnc2OCc2ccccc2)cc1C(C)(C)C. The number of hydrogen-bond donors (Lipinski definition) is 1. The van der Waals surface area contributed by atoms with E-state index in [2.05, 4.69) is 31.8 Å². The van der Waals surface area contributed by atoms with Gasteiger partial charge in [-0.3, -0.25) is 4.79 Å². The summed E-state index contributed by atoms with van der Waals surface area (Å²) < 4.78 is 11.8. The molecule has 0 radical (unpaired) electrons. The second kappa shape index (κ2) is 9.21. The molecule has 162 valence electrons. The van der Waals surface area contributed by atoms with Crippen molar-refractivity contribution in [1.29, 1.82) is 0 Å². The van der Waals surface area contributed by atoms with E-state index >= 15 is 0 Å². The van der Waals surface area contributed by atoms with Gasteiger partial charge in [0.25, 0.3) is 0 Å². The van der Waals surface area contributed by atoms with Gasteiger partial charge >= 0.3 is 0 Å². The van der Waals surface area contributed by atoms with Crippen molar-refractivity contribution in [2.75, 3.05) is 7.11 Å². The molecule has 1 heterocycles. The summed E-state index contributed by atoms with van der Waals surface area (Å²) in [5, 5.41) is 0. The van der Waals surface area contributed by atoms with Crippen LogP contribution in [0.3, 0.4) is 0 Å². The number of pyridine rings is 1. The quantitative estimate of drug-likeness (QED) is 0.571. The zero-order valence-corrected chi connectivity index (χ0v) is 18.8. The second-order valence-electron chi connectivity index (χ2n) is 8.64. The fourth-order valence-corrected chi connectivity index (χ4v) is 3.53. The average molecular weight is 419 g/mol. The van der Waals surface area contributed by atoms with Crippen molar-refractivity contribution >= 4 is 5.91 Å². The molecule has 1 unspecified atom stereocenters. The number of carbonyl (C=O) groups is 1. The Hall–Kier alpha value is -3.34. The molecular weight excluding hydrogens is 388 g/mol. The summed E-state index contributed by atoms with van der Waals surface area (Å²) in [5.41, 5.74) is 10.1. The van der Waals surface area contributed by atoms with Gasteiger partial charge in [0.05, 0.1) is 13.0 Å². The number of nitrogens with two attached hydrogens (primary N) is 1. The number of hydrogen-bond acceptors (Lipinski definition) is 4. The third-order valence-electron chi connectivity index (χ3n) is 5.35. The van der Waals surface area contributed by atoms with E-state index in [-0.39, 0.29) is 5.41 Å². The first-order valence-corrected chi connectivity index (χ1v) is 10.4. The molecule has 0 spiro atoms. The minimum Gasteiger partial charge on any atom is -0.496 e. The lowest BCUT2D eigenvalue weighted by Gasteiger charge is -2.26. The van der Waals surface area contributed by atoms with Crippen LogP contribution in [0.5, 0.6) is 11.6 Å². The molecular formula is C26H30N2O3. The van der Waals surface area contributed by atoms with Crippen LogP contribution in [-0.4, -0.2) is 18.0 Å². The summed E-state index contributed by atoms with van der Waals surface area (Å²) in [6.45, 7) is 8.58. The average Bonchev–Trinajstić information content (AvgIpc) is 2.76. The molecule has 0 fully saturated rings. The maximum Gasteiger partial charge on any atom is 0.224 e. The highest BCUT2D eigenvalue weighted by atomic mass is 16.5. The molecule has 1 amide bonds. The van der Waals surface area contributed by atoms with Crippen molar-refractivity contribution in [3.63, 3.8) is 0 Å². The Bertz CT molecular complexity index is 1060. The number of aromatic nitrogens is 1. The van der Waals surface area contributed by atoms with Gasteiger partial charge in [-0.25, -0.2) is 4.98 Å². The van der Waals surface area contributed by atoms with E-state index < -0.39 is 11.8 Å². The zero-order chi connectivity index (χ0) is 22.6. The zero-order valence-electron chi connectivity index (χ0n) is 18.8. The van der Waals surface area contributed by atoms with Crippen molar-refractivity contribution in [2.24, 2.45) is 5.73 Å². The van der Waals surface area contributed by atoms with Crippen LogP contribution in [0.15, 0.2) is 60.8 Å². The van der Waals surface area contributed by atoms with E-state index in [9.17, 15) is 4.79 Å². The van der Waals surface area contributed by atoms with Crippen molar-refractivity contribution in [2.45, 2.75) is 45.6 Å². The summed E-state index contributed by atoms with van der Waals surface area (Å²) in [4.78, 5) is 16.6. The molecule has 0 saturated heterocycles. The van der Waals surface area contributed by atoms with Crippen LogP contribution >= 0.6 is 0 Å². The minimum absolute atomic E-state index is 0.165. The van der Waals surface area contributed by atoms with Gasteiger partial charge in [0.1, 0.15) is 12.4 Å². The predicted octanol–water partition coefficient (Wildman–Crippen LogP) is 5.22. The Labute approximate surface area is 184 Å². The van der Waals surface area contributed by atoms with Crippen LogP contribution in [0.25, 0.3) is 11.1 Å². The number of benzene rings is 2. The summed E-state index contributed by atoms with van der Waals surface area (Å²) >= 11 is 0. The lowest BCUT2D eigenvalue weighted by Crippen LogP contribution is -2.20. The third kappa shape index (κ3) is 5.05. The van der Waals surface area contributed by atoms with Gasteiger partial charge in [-0.15, -0.1) is 0 Å². The van der Waals surface area contributed by atoms with Gasteiger partial charge in [0, 0.05) is 17.3 Å². The maximum absolute atomic E-state index is 12.1. The van der Waals surface area contributed by atoms with Gasteiger partial charge in [-0.05, 0) is 53.3 Å². The molecule has 5 heteroatoms. The molecule has 3 rings (SSSR count). The molecule has 0 aliphatic heterocycles. The summed E-state index contributed by atoms with van der Waals surface area (Å²) in [6.07, 6.45) is 1.70. The van der Waals surface area contributed by atoms with Gasteiger partial charge in [-0.2, -0.15) is 0 Å². The fourth-order valence-electron chi connectivity index (χ4n) is 3.53. The molecule has 31 heavy (non-hydrogen) atoms. The molecule has 0 saturated carbocycles. The Morgan fingerprint density at radius 2 is 1.77 bits per heavy atom. The Balaban J connectivity index is 2.15. The Kier molecular flexibility index (Phi) is 6.64. The third-order valence-corrected chi connectivity index (χ3v) is 5.35. The topological polar surface area (TPSA) is 74.4 Å². The standard InChI is InChI=1S/C26H30N2O3/c1-17(24(27)29)20-15-23(30-5)22(26(2,3)4)14-21(20)19-12-9-13-28-25(19)31-16-18-10-7-6-8-11-18/h6-15,17H,16H2,1-5H3,(H2,27,29). The summed E-state index contributed by atoms with van der Waals surface area (Å²) in [6, 6.07) is 17.7. The van der Waals surface area contributed by atoms with E-state index in [4.69, 9.17) is 15.2 Å². The van der Waals surface area contributed by atoms with E-state index in [1.165, 1.54) is 0 Å². The smallest absolute Gasteiger partial charge is 0.224 e. The second-order valence-corrected chi connectivity index (χ2v) is 8.64. The van der Waals surface area contributed by atoms with E-state index in [0.717, 1.165) is 33.6 Å². The molecule has 0 bridgehead atoms. The van der Waals surface area contributed by atoms with E-state index in [1.54, 1.807) is 20.2 Å². The molecule has 1 atom stereocenters. The molecule has 3 aromatic rings. The Morgan fingerprint density at radius 1 is 1.06 bits per heavy atom. The maximum atomic E-state index is 12.1. The number of nitrogens with zero attached hydrogens (tertiary/aromatic N) is 1. The highest BCUT2D eigenvalue weighted by Gasteiger charge is 2.26. The number of carbonyl (C=O) groups excluding carboxylic acids is 1. The van der Waals surface area contributed by atoms with Crippen LogP contribution in [0, 0.1) is 0 Å². The number of methoxy groups -OCH3 is 1. The van der Waals surface area contributed by atoms with Crippen molar-refractivity contribution < 1.29 is 14.3 Å². The number of ether oxygens (including phenoxy) is 2. The van der Waals surface area contributed by atoms with Gasteiger partial charge in [0.15, 0.2) is 0 Å². The monoisotopic (exact) mass is 418 g/mol. The number of rotatable bonds is 7. The first kappa shape index (κ1) is 22.3. The first-order valence-electron chi connectivity index (χ1n) is 10.4. The Morgan fingerprint density at radius 3 is 2.39 bits per heavy atom. The number of amides is 1. The fraction of sp³-hybridized carbons (Fsp3) is 0.308. The molecule has 0 aliphatic carbocycles. The van der Waals surface area contributed by atoms with Gasteiger partial charge in [0.2, 0.25) is 11.8 Å². The largest absolute Gasteiger partial charge is 0.496 e. The van der Waals surface area contributed by atoms with Crippen LogP contribution < -0.4 is 15.2 Å². The highest BCUT2D eigenvalue weighted by Crippen LogP contribution is 2.42. The lowest BCUT2D eigenvalue weighted by molar-refractivity contribution is -0.119. The van der Waals surface area contributed by atoms with E-state index in [0.29, 0.717) is 12.5 Å². The first-order chi connectivity index (χ1) is 14.7. The van der Waals surface area contributed by atoms with E-state index in [1.807, 2.05) is 48.5 Å². The summed E-state index contributed by atoms with van der Waals surface area (Å²) in [7, 11) is 1.64. The van der Waals surface area contributed by atoms with Crippen LogP contribution in [0.4, 0.5) is 0 Å². The van der Waals surface area contributed by atoms with Crippen molar-refractivity contribution in [3.8, 4) is 22.8 Å². The van der Waals surface area contributed by atoms with Crippen LogP contribution in [-0.2, 0) is 16.8 Å². The highest BCUT2D eigenvalue weighted by molar-refractivity contribution is 5.86.